The van der Waals surface area contributed by atoms with Gasteiger partial charge in [0.2, 0.25) is 0 Å². The number of aryl methyl sites for hydroxylation is 1. The maximum atomic E-state index is 10.6. The number of β-amino-alcohol motifs (C(OH)–C–C–N with tert-alkyl or cyclic N) is 1. The lowest BCUT2D eigenvalue weighted by molar-refractivity contribution is 0.0408. The largest absolute Gasteiger partial charge is 0.490 e. The van der Waals surface area contributed by atoms with E-state index in [9.17, 15) is 5.11 Å². The molecule has 1 aliphatic heterocycles. The molecule has 3 heterocycles. The number of benzene rings is 2. The second-order valence-corrected chi connectivity index (χ2v) is 10.0. The zero-order valence-electron chi connectivity index (χ0n) is 18.2. The fraction of sp³-hybridized carbons (Fsp3) is 0.385. The fourth-order valence-electron chi connectivity index (χ4n) is 4.80. The number of hydrogen-bond acceptors (Lipinski definition) is 4. The third-order valence-corrected chi connectivity index (χ3v) is 7.80. The van der Waals surface area contributed by atoms with Crippen molar-refractivity contribution in [2.45, 2.75) is 44.8 Å². The molecule has 4 nitrogen and oxygen atoms in total. The summed E-state index contributed by atoms with van der Waals surface area (Å²) in [4.78, 5) is 7.12. The standard InChI is InChI=1S/C26H30N2O2S/c1-17-6-7-19-14-26(31-25(19)12-17)20-9-11-28(18(2)13-20)15-21(29)16-30-24-5-3-4-23-22(24)8-10-27-23/h3-8,10,12,14,18,20-21,27,29H,9,11,13,15-16H2,1-2H3/t18-,20+,21+/m1/s1. The van der Waals surface area contributed by atoms with Crippen LogP contribution in [0.1, 0.15) is 36.1 Å². The van der Waals surface area contributed by atoms with Gasteiger partial charge in [0.05, 0.1) is 0 Å². The first-order valence-electron chi connectivity index (χ1n) is 11.2. The van der Waals surface area contributed by atoms with Crippen LogP contribution in [0.5, 0.6) is 5.75 Å². The highest BCUT2D eigenvalue weighted by atomic mass is 32.1. The number of nitrogens with one attached hydrogen (secondary N) is 1. The number of nitrogens with zero attached hydrogens (tertiary/aromatic N) is 1. The maximum absolute atomic E-state index is 10.6. The second-order valence-electron chi connectivity index (χ2n) is 8.92. The Hall–Kier alpha value is -2.34. The number of piperidine rings is 1. The average Bonchev–Trinajstić information content (AvgIpc) is 3.40. The molecule has 0 bridgehead atoms. The monoisotopic (exact) mass is 434 g/mol. The van der Waals surface area contributed by atoms with Gasteiger partial charge in [-0.3, -0.25) is 4.90 Å². The second kappa shape index (κ2) is 8.65. The highest BCUT2D eigenvalue weighted by molar-refractivity contribution is 7.19. The molecule has 162 valence electrons. The van der Waals surface area contributed by atoms with Gasteiger partial charge in [-0.25, -0.2) is 0 Å². The van der Waals surface area contributed by atoms with Crippen molar-refractivity contribution in [3.8, 4) is 5.75 Å². The van der Waals surface area contributed by atoms with Crippen molar-refractivity contribution >= 4 is 32.3 Å². The first-order valence-corrected chi connectivity index (χ1v) is 12.0. The molecule has 1 fully saturated rings. The highest BCUT2D eigenvalue weighted by Crippen LogP contribution is 2.38. The van der Waals surface area contributed by atoms with E-state index in [1.807, 2.05) is 41.8 Å². The Morgan fingerprint density at radius 2 is 2.13 bits per heavy atom. The first kappa shape index (κ1) is 20.6. The smallest absolute Gasteiger partial charge is 0.128 e. The molecule has 0 unspecified atom stereocenters. The molecular weight excluding hydrogens is 404 g/mol. The van der Waals surface area contributed by atoms with Crippen molar-refractivity contribution in [3.05, 3.63) is 65.2 Å². The van der Waals surface area contributed by atoms with Gasteiger partial charge >= 0.3 is 0 Å². The topological polar surface area (TPSA) is 48.5 Å². The Balaban J connectivity index is 1.17. The van der Waals surface area contributed by atoms with Crippen LogP contribution in [0.25, 0.3) is 21.0 Å². The number of aliphatic hydroxyl groups excluding tert-OH is 1. The van der Waals surface area contributed by atoms with Crippen molar-refractivity contribution in [3.63, 3.8) is 0 Å². The van der Waals surface area contributed by atoms with Gasteiger partial charge < -0.3 is 14.8 Å². The zero-order valence-corrected chi connectivity index (χ0v) is 19.0. The third-order valence-electron chi connectivity index (χ3n) is 6.54. The SMILES string of the molecule is Cc1ccc2cc([C@H]3CCN(C[C@H](O)COc4cccc5[nH]ccc45)[C@H](C)C3)sc2c1. The predicted molar refractivity (Wildman–Crippen MR) is 129 cm³/mol. The van der Waals surface area contributed by atoms with Gasteiger partial charge in [-0.05, 0) is 80.4 Å². The van der Waals surface area contributed by atoms with Crippen LogP contribution in [0.2, 0.25) is 0 Å². The van der Waals surface area contributed by atoms with Crippen LogP contribution >= 0.6 is 11.3 Å². The normalized spacial score (nSPS) is 21.0. The quantitative estimate of drug-likeness (QED) is 0.409. The Morgan fingerprint density at radius 3 is 3.00 bits per heavy atom. The van der Waals surface area contributed by atoms with Crippen LogP contribution in [0, 0.1) is 6.92 Å². The minimum atomic E-state index is -0.500. The summed E-state index contributed by atoms with van der Waals surface area (Å²) in [6.07, 6.45) is 3.70. The van der Waals surface area contributed by atoms with Gasteiger partial charge in [0.25, 0.3) is 0 Å². The Kier molecular flexibility index (Phi) is 5.74. The average molecular weight is 435 g/mol. The molecule has 2 aromatic carbocycles. The number of H-pyrrole nitrogens is 1. The molecule has 0 radical (unpaired) electrons. The van der Waals surface area contributed by atoms with E-state index in [1.54, 1.807) is 0 Å². The Morgan fingerprint density at radius 1 is 1.23 bits per heavy atom. The lowest BCUT2D eigenvalue weighted by atomic mass is 9.90. The van der Waals surface area contributed by atoms with Gasteiger partial charge in [-0.1, -0.05) is 18.2 Å². The summed E-state index contributed by atoms with van der Waals surface area (Å²) >= 11 is 1.95. The summed E-state index contributed by atoms with van der Waals surface area (Å²) in [6.45, 7) is 6.43. The van der Waals surface area contributed by atoms with E-state index >= 15 is 0 Å². The molecule has 3 atom stereocenters. The van der Waals surface area contributed by atoms with Gasteiger partial charge in [0, 0.05) is 39.3 Å². The molecule has 5 rings (SSSR count). The lowest BCUT2D eigenvalue weighted by Gasteiger charge is -2.38. The van der Waals surface area contributed by atoms with Crippen molar-refractivity contribution in [1.29, 1.82) is 0 Å². The van der Waals surface area contributed by atoms with Crippen molar-refractivity contribution in [2.24, 2.45) is 0 Å². The van der Waals surface area contributed by atoms with E-state index < -0.39 is 6.10 Å². The number of fused-ring (bicyclic) bond motifs is 2. The lowest BCUT2D eigenvalue weighted by Crippen LogP contribution is -2.45. The molecule has 0 amide bonds. The molecule has 0 aliphatic carbocycles. The van der Waals surface area contributed by atoms with E-state index in [2.05, 4.69) is 48.0 Å². The summed E-state index contributed by atoms with van der Waals surface area (Å²) < 4.78 is 7.35. The molecule has 4 aromatic rings. The number of aromatic amines is 1. The van der Waals surface area contributed by atoms with E-state index in [0.29, 0.717) is 25.1 Å². The fourth-order valence-corrected chi connectivity index (χ4v) is 6.11. The van der Waals surface area contributed by atoms with Crippen LogP contribution in [-0.2, 0) is 0 Å². The number of aliphatic hydroxyl groups is 1. The van der Waals surface area contributed by atoms with Gasteiger partial charge in [0.15, 0.2) is 0 Å². The minimum absolute atomic E-state index is 0.312. The van der Waals surface area contributed by atoms with Crippen molar-refractivity contribution in [2.75, 3.05) is 19.7 Å². The molecule has 2 aromatic heterocycles. The molecule has 1 aliphatic rings. The van der Waals surface area contributed by atoms with Crippen LogP contribution in [-0.4, -0.2) is 46.8 Å². The molecule has 1 saturated heterocycles. The predicted octanol–water partition coefficient (Wildman–Crippen LogP) is 5.70. The zero-order chi connectivity index (χ0) is 21.4. The minimum Gasteiger partial charge on any atom is -0.490 e. The maximum Gasteiger partial charge on any atom is 0.128 e. The van der Waals surface area contributed by atoms with Crippen molar-refractivity contribution < 1.29 is 9.84 Å². The summed E-state index contributed by atoms with van der Waals surface area (Å²) in [7, 11) is 0. The third kappa shape index (κ3) is 4.36. The van der Waals surface area contributed by atoms with Crippen LogP contribution in [0.4, 0.5) is 0 Å². The van der Waals surface area contributed by atoms with E-state index in [1.165, 1.54) is 20.5 Å². The van der Waals surface area contributed by atoms with Crippen molar-refractivity contribution in [1.82, 2.24) is 9.88 Å². The van der Waals surface area contributed by atoms with E-state index in [-0.39, 0.29) is 0 Å². The molecule has 2 N–H and O–H groups in total. The number of aromatic nitrogens is 1. The number of hydrogen-bond donors (Lipinski definition) is 2. The first-order chi connectivity index (χ1) is 15.1. The summed E-state index contributed by atoms with van der Waals surface area (Å²) in [5.74, 6) is 1.44. The summed E-state index contributed by atoms with van der Waals surface area (Å²) in [6, 6.07) is 17.6. The summed E-state index contributed by atoms with van der Waals surface area (Å²) in [5.41, 5.74) is 2.38. The Labute approximate surface area is 187 Å². The van der Waals surface area contributed by atoms with E-state index in [4.69, 9.17) is 4.74 Å². The molecule has 0 spiro atoms. The highest BCUT2D eigenvalue weighted by Gasteiger charge is 2.28. The number of ether oxygens (including phenoxy) is 1. The molecule has 31 heavy (non-hydrogen) atoms. The van der Waals surface area contributed by atoms with Gasteiger partial charge in [-0.2, -0.15) is 0 Å². The van der Waals surface area contributed by atoms with Crippen LogP contribution in [0.3, 0.4) is 0 Å². The number of thiophene rings is 1. The van der Waals surface area contributed by atoms with Crippen LogP contribution < -0.4 is 4.74 Å². The van der Waals surface area contributed by atoms with Gasteiger partial charge in [0.1, 0.15) is 18.5 Å². The number of rotatable bonds is 6. The summed E-state index contributed by atoms with van der Waals surface area (Å²) in [5, 5.41) is 13.1. The number of likely N-dealkylation sites (tertiary alicyclic amines) is 1. The molecule has 0 saturated carbocycles. The van der Waals surface area contributed by atoms with Crippen LogP contribution in [0.15, 0.2) is 54.7 Å². The Bertz CT molecular complexity index is 1180. The molecule has 5 heteroatoms. The molecular formula is C26H30N2O2S. The van der Waals surface area contributed by atoms with Gasteiger partial charge in [-0.15, -0.1) is 11.3 Å². The van der Waals surface area contributed by atoms with E-state index in [0.717, 1.165) is 36.0 Å².